The van der Waals surface area contributed by atoms with Gasteiger partial charge >= 0.3 is 5.97 Å². The summed E-state index contributed by atoms with van der Waals surface area (Å²) in [7, 11) is 0. The van der Waals surface area contributed by atoms with Gasteiger partial charge in [0.1, 0.15) is 6.61 Å². The molecule has 3 aromatic carbocycles. The summed E-state index contributed by atoms with van der Waals surface area (Å²) in [6.07, 6.45) is 6.52. The first-order valence-corrected chi connectivity index (χ1v) is 14.3. The molecule has 0 bridgehead atoms. The van der Waals surface area contributed by atoms with E-state index in [0.29, 0.717) is 25.7 Å². The highest BCUT2D eigenvalue weighted by Crippen LogP contribution is 2.45. The van der Waals surface area contributed by atoms with Gasteiger partial charge in [0.15, 0.2) is 0 Å². The molecule has 1 fully saturated rings. The van der Waals surface area contributed by atoms with Crippen molar-refractivity contribution in [2.75, 3.05) is 6.61 Å². The molecule has 0 aliphatic heterocycles. The van der Waals surface area contributed by atoms with Gasteiger partial charge in [0, 0.05) is 0 Å². The third kappa shape index (κ3) is 6.42. The minimum absolute atomic E-state index is 0.0255. The average molecular weight is 526 g/mol. The molecule has 5 nitrogen and oxygen atoms in total. The molecule has 2 N–H and O–H groups in total. The van der Waals surface area contributed by atoms with E-state index in [2.05, 4.69) is 29.6 Å². The molecule has 1 unspecified atom stereocenters. The molecule has 2 aliphatic carbocycles. The maximum atomic E-state index is 14.1. The van der Waals surface area contributed by atoms with Gasteiger partial charge < -0.3 is 15.2 Å². The predicted molar refractivity (Wildman–Crippen MR) is 152 cm³/mol. The molecule has 1 amide bonds. The van der Waals surface area contributed by atoms with Crippen molar-refractivity contribution < 1.29 is 19.4 Å². The van der Waals surface area contributed by atoms with Crippen molar-refractivity contribution in [1.29, 1.82) is 0 Å². The number of nitrogens with one attached hydrogen (secondary N) is 1. The van der Waals surface area contributed by atoms with Crippen molar-refractivity contribution >= 4 is 11.9 Å². The van der Waals surface area contributed by atoms with Crippen LogP contribution in [0.1, 0.15) is 60.8 Å². The Hall–Kier alpha value is -3.44. The summed E-state index contributed by atoms with van der Waals surface area (Å²) in [4.78, 5) is 27.6. The zero-order chi connectivity index (χ0) is 27.1. The molecule has 5 heteroatoms. The van der Waals surface area contributed by atoms with Crippen LogP contribution in [-0.2, 0) is 40.2 Å². The number of amides is 1. The fraction of sp³-hybridized carbons (Fsp3) is 0.412. The second kappa shape index (κ2) is 12.2. The van der Waals surface area contributed by atoms with Crippen LogP contribution in [0.3, 0.4) is 0 Å². The molecule has 1 saturated carbocycles. The van der Waals surface area contributed by atoms with Gasteiger partial charge in [-0.2, -0.15) is 0 Å². The molecule has 1 atom stereocenters. The Kier molecular flexibility index (Phi) is 8.47. The van der Waals surface area contributed by atoms with Gasteiger partial charge in [0.25, 0.3) is 0 Å². The van der Waals surface area contributed by atoms with Gasteiger partial charge in [-0.25, -0.2) is 0 Å². The number of carbonyl (C=O) groups excluding carboxylic acids is 2. The van der Waals surface area contributed by atoms with Crippen LogP contribution in [-0.4, -0.2) is 29.1 Å². The highest BCUT2D eigenvalue weighted by molar-refractivity contribution is 5.85. The van der Waals surface area contributed by atoms with E-state index in [1.807, 2.05) is 60.7 Å². The number of aryl methyl sites for hydroxylation is 1. The molecular formula is C34H39NO4. The Morgan fingerprint density at radius 3 is 1.97 bits per heavy atom. The summed E-state index contributed by atoms with van der Waals surface area (Å²) < 4.78 is 5.82. The fourth-order valence-corrected chi connectivity index (χ4v) is 6.49. The number of esters is 1. The molecular weight excluding hydrogens is 486 g/mol. The molecule has 0 spiro atoms. The van der Waals surface area contributed by atoms with Gasteiger partial charge in [-0.3, -0.25) is 9.59 Å². The molecule has 204 valence electrons. The predicted octanol–water partition coefficient (Wildman–Crippen LogP) is 5.58. The zero-order valence-corrected chi connectivity index (χ0v) is 22.6. The number of hydrogen-bond donors (Lipinski definition) is 2. The van der Waals surface area contributed by atoms with E-state index in [1.165, 1.54) is 16.7 Å². The number of rotatable bonds is 11. The number of benzene rings is 3. The average Bonchev–Trinajstić information content (AvgIpc) is 3.60. The number of hydrogen-bond acceptors (Lipinski definition) is 4. The largest absolute Gasteiger partial charge is 0.461 e. The smallest absolute Gasteiger partial charge is 0.309 e. The van der Waals surface area contributed by atoms with Crippen molar-refractivity contribution in [2.45, 2.75) is 69.9 Å². The Labute approximate surface area is 231 Å². The lowest BCUT2D eigenvalue weighted by atomic mass is 9.74. The summed E-state index contributed by atoms with van der Waals surface area (Å²) in [6.45, 7) is 0.118. The summed E-state index contributed by atoms with van der Waals surface area (Å²) in [5.74, 6) is -0.648. The van der Waals surface area contributed by atoms with E-state index < -0.39 is 11.0 Å². The van der Waals surface area contributed by atoms with Crippen molar-refractivity contribution in [3.8, 4) is 0 Å². The number of ether oxygens (including phenoxy) is 1. The number of carbonyl (C=O) groups is 2. The molecule has 0 saturated heterocycles. The third-order valence-corrected chi connectivity index (χ3v) is 8.72. The highest BCUT2D eigenvalue weighted by atomic mass is 16.5. The van der Waals surface area contributed by atoms with E-state index in [0.717, 1.165) is 37.7 Å². The Morgan fingerprint density at radius 2 is 1.38 bits per heavy atom. The van der Waals surface area contributed by atoms with Crippen LogP contribution in [0.2, 0.25) is 0 Å². The molecule has 0 radical (unpaired) electrons. The van der Waals surface area contributed by atoms with Crippen LogP contribution in [0, 0.1) is 11.3 Å². The number of fused-ring (bicyclic) bond motifs is 1. The van der Waals surface area contributed by atoms with Crippen molar-refractivity contribution in [1.82, 2.24) is 5.32 Å². The van der Waals surface area contributed by atoms with Crippen molar-refractivity contribution in [2.24, 2.45) is 11.3 Å². The van der Waals surface area contributed by atoms with Crippen LogP contribution >= 0.6 is 0 Å². The monoisotopic (exact) mass is 525 g/mol. The fourth-order valence-electron chi connectivity index (χ4n) is 6.49. The second-order valence-electron chi connectivity index (χ2n) is 11.5. The summed E-state index contributed by atoms with van der Waals surface area (Å²) in [6, 6.07) is 28.0. The Balaban J connectivity index is 1.33. The Bertz CT molecular complexity index is 1230. The second-order valence-corrected chi connectivity index (χ2v) is 11.5. The van der Waals surface area contributed by atoms with Gasteiger partial charge in [-0.1, -0.05) is 97.8 Å². The van der Waals surface area contributed by atoms with E-state index in [1.54, 1.807) is 0 Å². The lowest BCUT2D eigenvalue weighted by Gasteiger charge is -2.36. The van der Waals surface area contributed by atoms with E-state index >= 15 is 0 Å². The van der Waals surface area contributed by atoms with E-state index in [-0.39, 0.29) is 31.0 Å². The zero-order valence-electron chi connectivity index (χ0n) is 22.6. The quantitative estimate of drug-likeness (QED) is 0.321. The normalized spacial score (nSPS) is 17.8. The maximum absolute atomic E-state index is 14.1. The first-order chi connectivity index (χ1) is 19.0. The summed E-state index contributed by atoms with van der Waals surface area (Å²) in [5, 5.41) is 13.7. The van der Waals surface area contributed by atoms with Crippen molar-refractivity contribution in [3.63, 3.8) is 0 Å². The minimum Gasteiger partial charge on any atom is -0.461 e. The van der Waals surface area contributed by atoms with Crippen molar-refractivity contribution in [3.05, 3.63) is 107 Å². The molecule has 2 aliphatic rings. The van der Waals surface area contributed by atoms with Gasteiger partial charge in [-0.15, -0.1) is 0 Å². The van der Waals surface area contributed by atoms with Crippen LogP contribution in [0.25, 0.3) is 0 Å². The lowest BCUT2D eigenvalue weighted by Crippen LogP contribution is -2.56. The first-order valence-electron chi connectivity index (χ1n) is 14.3. The maximum Gasteiger partial charge on any atom is 0.309 e. The van der Waals surface area contributed by atoms with Crippen LogP contribution in [0.5, 0.6) is 0 Å². The van der Waals surface area contributed by atoms with Crippen LogP contribution in [0.4, 0.5) is 0 Å². The first kappa shape index (κ1) is 27.1. The molecule has 39 heavy (non-hydrogen) atoms. The SMILES string of the molecule is O=C(OCc1ccccc1)C(CCc1ccccc1)CC1(C(=O)NC2(CO)Cc3ccccc3C2)CCCC1. The standard InChI is InChI=1S/C34H39NO4/c36-25-34(22-28-15-7-8-16-29(28)23-34)35-32(38)33(19-9-10-20-33)21-30(18-17-26-11-3-1-4-12-26)31(37)39-24-27-13-5-2-6-14-27/h1-8,11-16,30,36H,9-10,17-25H2,(H,35,38). The van der Waals surface area contributed by atoms with Gasteiger partial charge in [0.2, 0.25) is 5.91 Å². The molecule has 0 aromatic heterocycles. The summed E-state index contributed by atoms with van der Waals surface area (Å²) in [5.41, 5.74) is 3.15. The molecule has 0 heterocycles. The topological polar surface area (TPSA) is 75.6 Å². The van der Waals surface area contributed by atoms with Gasteiger partial charge in [0.05, 0.1) is 23.5 Å². The van der Waals surface area contributed by atoms with Crippen LogP contribution < -0.4 is 5.32 Å². The highest BCUT2D eigenvalue weighted by Gasteiger charge is 2.48. The number of aliphatic hydroxyl groups is 1. The Morgan fingerprint density at radius 1 is 0.821 bits per heavy atom. The third-order valence-electron chi connectivity index (χ3n) is 8.72. The van der Waals surface area contributed by atoms with Gasteiger partial charge in [-0.05, 0) is 67.2 Å². The molecule has 5 rings (SSSR count). The van der Waals surface area contributed by atoms with E-state index in [9.17, 15) is 14.7 Å². The summed E-state index contributed by atoms with van der Waals surface area (Å²) >= 11 is 0. The minimum atomic E-state index is -0.691. The van der Waals surface area contributed by atoms with Crippen LogP contribution in [0.15, 0.2) is 84.9 Å². The number of aliphatic hydroxyl groups excluding tert-OH is 1. The molecule has 3 aromatic rings. The lowest BCUT2D eigenvalue weighted by molar-refractivity contribution is -0.152. The van der Waals surface area contributed by atoms with E-state index in [4.69, 9.17) is 4.74 Å².